The smallest absolute Gasteiger partial charge is 0.180 e. The number of halogens is 1. The molecular weight excluding hydrogens is 422 g/mol. The fraction of sp³-hybridized carbons (Fsp3) is 0.0476. The number of ether oxygens (including phenoxy) is 1. The number of thiocarbonyl (C=S) groups is 1. The Morgan fingerprint density at radius 1 is 1.03 bits per heavy atom. The fourth-order valence-electron chi connectivity index (χ4n) is 2.77. The second-order valence-corrected chi connectivity index (χ2v) is 7.11. The van der Waals surface area contributed by atoms with Gasteiger partial charge in [-0.05, 0) is 66.8 Å². The van der Waals surface area contributed by atoms with Crippen LogP contribution in [0.3, 0.4) is 0 Å². The van der Waals surface area contributed by atoms with Crippen molar-refractivity contribution in [3.8, 4) is 22.8 Å². The number of phenols is 1. The topological polar surface area (TPSA) is 92.2 Å². The Balaban J connectivity index is 1.57. The van der Waals surface area contributed by atoms with Gasteiger partial charge in [-0.1, -0.05) is 11.6 Å². The number of pyridine rings is 1. The summed E-state index contributed by atoms with van der Waals surface area (Å²) in [5.74, 6) is 0.895. The summed E-state index contributed by atoms with van der Waals surface area (Å²) >= 11 is 11.2. The van der Waals surface area contributed by atoms with Crippen molar-refractivity contribution in [1.82, 2.24) is 15.0 Å². The van der Waals surface area contributed by atoms with E-state index in [4.69, 9.17) is 28.6 Å². The molecule has 0 spiro atoms. The molecule has 0 saturated carbocycles. The van der Waals surface area contributed by atoms with Crippen LogP contribution in [0.25, 0.3) is 22.4 Å². The molecule has 2 heterocycles. The molecule has 0 aliphatic carbocycles. The highest BCUT2D eigenvalue weighted by atomic mass is 35.5. The van der Waals surface area contributed by atoms with Crippen LogP contribution >= 0.6 is 23.8 Å². The van der Waals surface area contributed by atoms with Crippen LogP contribution in [0.15, 0.2) is 60.8 Å². The Bertz CT molecular complexity index is 1230. The van der Waals surface area contributed by atoms with Gasteiger partial charge in [0.25, 0.3) is 0 Å². The summed E-state index contributed by atoms with van der Waals surface area (Å²) in [6.07, 6.45) is 1.59. The molecule has 0 saturated heterocycles. The van der Waals surface area contributed by atoms with Gasteiger partial charge in [-0.2, -0.15) is 0 Å². The Morgan fingerprint density at radius 2 is 1.83 bits per heavy atom. The number of hydrogen-bond donors (Lipinski definition) is 3. The van der Waals surface area contributed by atoms with E-state index in [9.17, 15) is 5.11 Å². The highest BCUT2D eigenvalue weighted by Crippen LogP contribution is 2.31. The molecule has 150 valence electrons. The van der Waals surface area contributed by atoms with E-state index in [2.05, 4.69) is 25.6 Å². The molecule has 7 nitrogen and oxygen atoms in total. The number of aromatic nitrogens is 3. The van der Waals surface area contributed by atoms with E-state index >= 15 is 0 Å². The number of methoxy groups -OCH3 is 1. The number of aromatic hydroxyl groups is 1. The zero-order valence-electron chi connectivity index (χ0n) is 15.8. The minimum atomic E-state index is 0.0648. The van der Waals surface area contributed by atoms with Crippen molar-refractivity contribution in [3.63, 3.8) is 0 Å². The summed E-state index contributed by atoms with van der Waals surface area (Å²) in [4.78, 5) is 13.5. The lowest BCUT2D eigenvalue weighted by Gasteiger charge is -2.10. The molecule has 4 rings (SSSR count). The van der Waals surface area contributed by atoms with Gasteiger partial charge in [-0.25, -0.2) is 15.0 Å². The average molecular weight is 438 g/mol. The largest absolute Gasteiger partial charge is 0.504 e. The van der Waals surface area contributed by atoms with Crippen LogP contribution in [0, 0.1) is 0 Å². The molecule has 0 amide bonds. The van der Waals surface area contributed by atoms with Crippen LogP contribution in [-0.4, -0.2) is 32.3 Å². The van der Waals surface area contributed by atoms with Crippen LogP contribution in [0.2, 0.25) is 5.02 Å². The molecule has 2 aromatic heterocycles. The van der Waals surface area contributed by atoms with E-state index in [-0.39, 0.29) is 5.75 Å². The molecule has 0 aliphatic heterocycles. The Morgan fingerprint density at radius 3 is 2.60 bits per heavy atom. The first-order chi connectivity index (χ1) is 14.5. The molecule has 4 aromatic rings. The second kappa shape index (κ2) is 8.48. The van der Waals surface area contributed by atoms with Gasteiger partial charge in [0.05, 0.1) is 19.0 Å². The van der Waals surface area contributed by atoms with Crippen molar-refractivity contribution >= 4 is 51.6 Å². The van der Waals surface area contributed by atoms with Gasteiger partial charge in [-0.15, -0.1) is 0 Å². The lowest BCUT2D eigenvalue weighted by Crippen LogP contribution is -2.19. The first-order valence-corrected chi connectivity index (χ1v) is 9.65. The van der Waals surface area contributed by atoms with E-state index < -0.39 is 0 Å². The van der Waals surface area contributed by atoms with Gasteiger partial charge in [0.15, 0.2) is 28.1 Å². The zero-order valence-corrected chi connectivity index (χ0v) is 17.3. The molecule has 0 bridgehead atoms. The van der Waals surface area contributed by atoms with E-state index in [1.165, 1.54) is 7.11 Å². The first-order valence-electron chi connectivity index (χ1n) is 8.86. The number of phenolic OH excluding ortho intramolecular Hbond substituents is 1. The minimum absolute atomic E-state index is 0.0648. The van der Waals surface area contributed by atoms with E-state index in [1.807, 2.05) is 24.3 Å². The zero-order chi connectivity index (χ0) is 21.1. The van der Waals surface area contributed by atoms with Crippen molar-refractivity contribution in [2.24, 2.45) is 0 Å². The number of hydrogen-bond acceptors (Lipinski definition) is 6. The Labute approximate surface area is 182 Å². The highest BCUT2D eigenvalue weighted by Gasteiger charge is 2.09. The maximum atomic E-state index is 9.79. The Hall–Kier alpha value is -3.49. The molecule has 0 unspecified atom stereocenters. The van der Waals surface area contributed by atoms with Crippen molar-refractivity contribution in [1.29, 1.82) is 0 Å². The normalized spacial score (nSPS) is 10.6. The van der Waals surface area contributed by atoms with Gasteiger partial charge >= 0.3 is 0 Å². The molecule has 30 heavy (non-hydrogen) atoms. The van der Waals surface area contributed by atoms with Gasteiger partial charge in [-0.3, -0.25) is 0 Å². The summed E-state index contributed by atoms with van der Waals surface area (Å²) in [5.41, 5.74) is 3.36. The molecule has 0 radical (unpaired) electrons. The molecule has 0 fully saturated rings. The van der Waals surface area contributed by atoms with Gasteiger partial charge < -0.3 is 20.5 Å². The summed E-state index contributed by atoms with van der Waals surface area (Å²) < 4.78 is 5.17. The lowest BCUT2D eigenvalue weighted by atomic mass is 10.1. The van der Waals surface area contributed by atoms with Gasteiger partial charge in [0.1, 0.15) is 5.52 Å². The van der Waals surface area contributed by atoms with Gasteiger partial charge in [0, 0.05) is 16.3 Å². The van der Waals surface area contributed by atoms with E-state index in [0.29, 0.717) is 38.6 Å². The van der Waals surface area contributed by atoms with Crippen molar-refractivity contribution in [2.45, 2.75) is 0 Å². The van der Waals surface area contributed by atoms with Crippen molar-refractivity contribution < 1.29 is 9.84 Å². The molecule has 0 aliphatic rings. The van der Waals surface area contributed by atoms with Crippen LogP contribution in [0.4, 0.5) is 11.5 Å². The molecule has 9 heteroatoms. The van der Waals surface area contributed by atoms with Crippen LogP contribution < -0.4 is 15.4 Å². The third-order valence-corrected chi connectivity index (χ3v) is 4.68. The lowest BCUT2D eigenvalue weighted by molar-refractivity contribution is 0.373. The first kappa shape index (κ1) is 19.8. The summed E-state index contributed by atoms with van der Waals surface area (Å²) in [6, 6.07) is 15.9. The number of benzene rings is 2. The molecule has 2 aromatic carbocycles. The molecular formula is C21H16ClN5O2S. The van der Waals surface area contributed by atoms with Crippen molar-refractivity contribution in [3.05, 3.63) is 65.8 Å². The summed E-state index contributed by atoms with van der Waals surface area (Å²) in [6.45, 7) is 0. The number of anilines is 2. The number of nitrogens with one attached hydrogen (secondary N) is 2. The second-order valence-electron chi connectivity index (χ2n) is 6.27. The molecule has 0 atom stereocenters. The predicted octanol–water partition coefficient (Wildman–Crippen LogP) is 4.87. The maximum absolute atomic E-state index is 9.79. The Kier molecular flexibility index (Phi) is 5.60. The van der Waals surface area contributed by atoms with Crippen LogP contribution in [0.1, 0.15) is 0 Å². The third kappa shape index (κ3) is 4.40. The fourth-order valence-corrected chi connectivity index (χ4v) is 3.12. The number of rotatable bonds is 4. The number of fused-ring (bicyclic) bond motifs is 1. The van der Waals surface area contributed by atoms with Crippen LogP contribution in [-0.2, 0) is 0 Å². The van der Waals surface area contributed by atoms with E-state index in [1.54, 1.807) is 36.5 Å². The molecule has 3 N–H and O–H groups in total. The SMILES string of the molecule is COc1cc(-c2ccc3ncc(NC(=S)Nc4ccc(Cl)cc4)nc3n2)ccc1O. The highest BCUT2D eigenvalue weighted by molar-refractivity contribution is 7.80. The summed E-state index contributed by atoms with van der Waals surface area (Å²) in [5, 5.41) is 16.9. The third-order valence-electron chi connectivity index (χ3n) is 4.23. The average Bonchev–Trinajstić information content (AvgIpc) is 2.75. The van der Waals surface area contributed by atoms with Gasteiger partial charge in [0.2, 0.25) is 0 Å². The quantitative estimate of drug-likeness (QED) is 0.389. The monoisotopic (exact) mass is 437 g/mol. The van der Waals surface area contributed by atoms with E-state index in [0.717, 1.165) is 11.3 Å². The summed E-state index contributed by atoms with van der Waals surface area (Å²) in [7, 11) is 1.50. The standard InChI is InChI=1S/C21H16ClN5O2S/c1-29-18-10-12(2-9-17(18)28)15-7-8-16-20(25-15)26-19(11-23-16)27-21(30)24-14-5-3-13(22)4-6-14/h2-11,28H,1H3,(H2,24,25,26,27,30). The maximum Gasteiger partial charge on any atom is 0.180 e. The predicted molar refractivity (Wildman–Crippen MR) is 122 cm³/mol. The van der Waals surface area contributed by atoms with Crippen LogP contribution in [0.5, 0.6) is 11.5 Å². The minimum Gasteiger partial charge on any atom is -0.504 e. The van der Waals surface area contributed by atoms with Crippen molar-refractivity contribution in [2.75, 3.05) is 17.7 Å². The number of nitrogens with zero attached hydrogens (tertiary/aromatic N) is 3.